The number of carbonyl (C=O) groups excluding carboxylic acids is 1. The highest BCUT2D eigenvalue weighted by Crippen LogP contribution is 2.33. The molecule has 9 heteroatoms. The van der Waals surface area contributed by atoms with Crippen LogP contribution < -0.4 is 5.32 Å². The summed E-state index contributed by atoms with van der Waals surface area (Å²) >= 11 is 1.75. The maximum atomic E-state index is 14.0. The summed E-state index contributed by atoms with van der Waals surface area (Å²) in [6.45, 7) is 0.962. The van der Waals surface area contributed by atoms with E-state index < -0.39 is 17.6 Å². The first kappa shape index (κ1) is 21.4. The van der Waals surface area contributed by atoms with Crippen LogP contribution >= 0.6 is 11.8 Å². The number of thioether (sulfide) groups is 1. The van der Waals surface area contributed by atoms with Gasteiger partial charge in [0.25, 0.3) is 5.91 Å². The van der Waals surface area contributed by atoms with Crippen LogP contribution in [0.5, 0.6) is 0 Å². The molecule has 162 valence electrons. The Balaban J connectivity index is 1.75. The molecule has 1 aromatic heterocycles. The molecule has 1 aliphatic heterocycles. The first-order valence-electron chi connectivity index (χ1n) is 9.69. The minimum Gasteiger partial charge on any atom is -0.380 e. The molecule has 4 nitrogen and oxygen atoms in total. The van der Waals surface area contributed by atoms with Crippen molar-refractivity contribution in [2.45, 2.75) is 12.7 Å². The Morgan fingerprint density at radius 2 is 1.87 bits per heavy atom. The van der Waals surface area contributed by atoms with Gasteiger partial charge in [-0.05, 0) is 29.8 Å². The van der Waals surface area contributed by atoms with Gasteiger partial charge in [-0.1, -0.05) is 18.2 Å². The fourth-order valence-corrected chi connectivity index (χ4v) is 4.49. The molecule has 1 aliphatic rings. The van der Waals surface area contributed by atoms with Gasteiger partial charge in [0.05, 0.1) is 22.3 Å². The van der Waals surface area contributed by atoms with Crippen molar-refractivity contribution in [3.8, 4) is 0 Å². The van der Waals surface area contributed by atoms with E-state index in [-0.39, 0.29) is 29.3 Å². The van der Waals surface area contributed by atoms with E-state index in [9.17, 15) is 22.4 Å². The maximum absolute atomic E-state index is 14.0. The van der Waals surface area contributed by atoms with E-state index in [0.29, 0.717) is 24.0 Å². The Morgan fingerprint density at radius 3 is 2.61 bits per heavy atom. The molecule has 1 N–H and O–H groups in total. The molecule has 2 heterocycles. The molecule has 1 amide bonds. The zero-order valence-electron chi connectivity index (χ0n) is 16.4. The first-order valence-corrected chi connectivity index (χ1v) is 10.8. The molecule has 0 spiro atoms. The standard InChI is InChI=1S/C22H19F4N3OS/c23-15-5-6-19-16(11-15)20(17(13-27-19)21(30)29-7-9-31-10-8-29)28-12-14-3-1-2-4-18(14)22(24,25)26/h1-6,11,13H,7-10,12H2,(H,27,28). The summed E-state index contributed by atoms with van der Waals surface area (Å²) in [5.74, 6) is 0.823. The fraction of sp³-hybridized carbons (Fsp3) is 0.273. The number of aromatic nitrogens is 1. The third-order valence-electron chi connectivity index (χ3n) is 5.14. The third kappa shape index (κ3) is 4.61. The number of halogens is 4. The lowest BCUT2D eigenvalue weighted by molar-refractivity contribution is -0.138. The maximum Gasteiger partial charge on any atom is 0.416 e. The number of rotatable bonds is 4. The highest BCUT2D eigenvalue weighted by Gasteiger charge is 2.33. The lowest BCUT2D eigenvalue weighted by atomic mass is 10.0. The Kier molecular flexibility index (Phi) is 6.04. The smallest absolute Gasteiger partial charge is 0.380 e. The summed E-state index contributed by atoms with van der Waals surface area (Å²) in [5.41, 5.74) is 0.218. The van der Waals surface area contributed by atoms with Crippen LogP contribution in [0.15, 0.2) is 48.7 Å². The van der Waals surface area contributed by atoms with Gasteiger partial charge < -0.3 is 10.2 Å². The van der Waals surface area contributed by atoms with Gasteiger partial charge in [-0.2, -0.15) is 24.9 Å². The molecule has 1 saturated heterocycles. The number of hydrogen-bond acceptors (Lipinski definition) is 4. The quantitative estimate of drug-likeness (QED) is 0.557. The van der Waals surface area contributed by atoms with Crippen LogP contribution in [-0.2, 0) is 12.7 Å². The van der Waals surface area contributed by atoms with Crippen molar-refractivity contribution in [1.29, 1.82) is 0 Å². The molecule has 1 fully saturated rings. The minimum absolute atomic E-state index is 0.0316. The van der Waals surface area contributed by atoms with E-state index >= 15 is 0 Å². The molecule has 31 heavy (non-hydrogen) atoms. The molecule has 0 unspecified atom stereocenters. The van der Waals surface area contributed by atoms with Crippen LogP contribution in [0.4, 0.5) is 23.2 Å². The largest absolute Gasteiger partial charge is 0.416 e. The lowest BCUT2D eigenvalue weighted by Crippen LogP contribution is -2.38. The topological polar surface area (TPSA) is 45.2 Å². The van der Waals surface area contributed by atoms with Crippen LogP contribution in [0.2, 0.25) is 0 Å². The molecule has 0 radical (unpaired) electrons. The molecule has 0 aliphatic carbocycles. The number of carbonyl (C=O) groups is 1. The number of anilines is 1. The molecule has 0 atom stereocenters. The Labute approximate surface area is 180 Å². The summed E-state index contributed by atoms with van der Waals surface area (Å²) in [4.78, 5) is 19.1. The van der Waals surface area contributed by atoms with Crippen LogP contribution in [-0.4, -0.2) is 40.4 Å². The fourth-order valence-electron chi connectivity index (χ4n) is 3.59. The van der Waals surface area contributed by atoms with Crippen molar-refractivity contribution >= 4 is 34.3 Å². The van der Waals surface area contributed by atoms with Gasteiger partial charge in [0.1, 0.15) is 5.82 Å². The van der Waals surface area contributed by atoms with Gasteiger partial charge >= 0.3 is 6.18 Å². The summed E-state index contributed by atoms with van der Waals surface area (Å²) < 4.78 is 54.1. The van der Waals surface area contributed by atoms with E-state index in [1.165, 1.54) is 42.6 Å². The molecule has 3 aromatic rings. The van der Waals surface area contributed by atoms with Gasteiger partial charge in [0.15, 0.2) is 0 Å². The van der Waals surface area contributed by atoms with Crippen LogP contribution in [0.3, 0.4) is 0 Å². The van der Waals surface area contributed by atoms with Gasteiger partial charge in [-0.25, -0.2) is 4.39 Å². The molecule has 4 rings (SSSR count). The molecular weight excluding hydrogens is 430 g/mol. The van der Waals surface area contributed by atoms with E-state index in [4.69, 9.17) is 0 Å². The van der Waals surface area contributed by atoms with Gasteiger partial charge in [-0.15, -0.1) is 0 Å². The summed E-state index contributed by atoms with van der Waals surface area (Å²) in [7, 11) is 0. The van der Waals surface area contributed by atoms with E-state index in [0.717, 1.165) is 17.6 Å². The van der Waals surface area contributed by atoms with Crippen molar-refractivity contribution in [3.05, 3.63) is 71.2 Å². The van der Waals surface area contributed by atoms with Crippen LogP contribution in [0, 0.1) is 5.82 Å². The first-order chi connectivity index (χ1) is 14.8. The zero-order valence-corrected chi connectivity index (χ0v) is 17.2. The zero-order chi connectivity index (χ0) is 22.0. The number of nitrogens with zero attached hydrogens (tertiary/aromatic N) is 2. The predicted molar refractivity (Wildman–Crippen MR) is 114 cm³/mol. The number of benzene rings is 2. The van der Waals surface area contributed by atoms with Crippen molar-refractivity contribution in [2.24, 2.45) is 0 Å². The molecule has 0 saturated carbocycles. The van der Waals surface area contributed by atoms with E-state index in [2.05, 4.69) is 10.3 Å². The SMILES string of the molecule is O=C(c1cnc2ccc(F)cc2c1NCc1ccccc1C(F)(F)F)N1CCSCC1. The van der Waals surface area contributed by atoms with Gasteiger partial charge in [0, 0.05) is 42.7 Å². The van der Waals surface area contributed by atoms with Gasteiger partial charge in [-0.3, -0.25) is 9.78 Å². The minimum atomic E-state index is -4.51. The molecule has 2 aromatic carbocycles. The number of alkyl halides is 3. The van der Waals surface area contributed by atoms with Crippen LogP contribution in [0.1, 0.15) is 21.5 Å². The van der Waals surface area contributed by atoms with E-state index in [1.54, 1.807) is 16.7 Å². The summed E-state index contributed by atoms with van der Waals surface area (Å²) in [5, 5.41) is 3.32. The molecular formula is C22H19F4N3OS. The average molecular weight is 449 g/mol. The number of hydrogen-bond donors (Lipinski definition) is 1. The highest BCUT2D eigenvalue weighted by atomic mass is 32.2. The van der Waals surface area contributed by atoms with Crippen molar-refractivity contribution in [3.63, 3.8) is 0 Å². The van der Waals surface area contributed by atoms with Crippen LogP contribution in [0.25, 0.3) is 10.9 Å². The van der Waals surface area contributed by atoms with Crippen molar-refractivity contribution < 1.29 is 22.4 Å². The summed E-state index contributed by atoms with van der Waals surface area (Å²) in [6, 6.07) is 9.21. The van der Waals surface area contributed by atoms with Crippen molar-refractivity contribution in [2.75, 3.05) is 29.9 Å². The number of pyridine rings is 1. The second-order valence-corrected chi connectivity index (χ2v) is 8.35. The second-order valence-electron chi connectivity index (χ2n) is 7.12. The van der Waals surface area contributed by atoms with Gasteiger partial charge in [0.2, 0.25) is 0 Å². The third-order valence-corrected chi connectivity index (χ3v) is 6.08. The lowest BCUT2D eigenvalue weighted by Gasteiger charge is -2.27. The monoisotopic (exact) mass is 449 g/mol. The number of fused-ring (bicyclic) bond motifs is 1. The molecule has 0 bridgehead atoms. The Bertz CT molecular complexity index is 1110. The second kappa shape index (κ2) is 8.74. The highest BCUT2D eigenvalue weighted by molar-refractivity contribution is 7.99. The normalized spacial score (nSPS) is 14.6. The Hall–Kier alpha value is -2.81. The Morgan fingerprint density at radius 1 is 1.13 bits per heavy atom. The average Bonchev–Trinajstić information content (AvgIpc) is 2.77. The number of amides is 1. The summed E-state index contributed by atoms with van der Waals surface area (Å²) in [6.07, 6.45) is -3.10. The number of nitrogens with one attached hydrogen (secondary N) is 1. The van der Waals surface area contributed by atoms with Crippen molar-refractivity contribution in [1.82, 2.24) is 9.88 Å². The van der Waals surface area contributed by atoms with E-state index in [1.807, 2.05) is 0 Å². The predicted octanol–water partition coefficient (Wildman–Crippen LogP) is 5.19.